The van der Waals surface area contributed by atoms with Crippen LogP contribution >= 0.6 is 0 Å². The summed E-state index contributed by atoms with van der Waals surface area (Å²) in [7, 11) is 0. The van der Waals surface area contributed by atoms with Crippen LogP contribution < -0.4 is 5.32 Å². The Labute approximate surface area is 85.3 Å². The number of rotatable bonds is 7. The maximum atomic E-state index is 11.3. The SMILES string of the molecule is CCCCCC(=O)NC(C)(CO)CO. The first-order chi connectivity index (χ1) is 6.58. The van der Waals surface area contributed by atoms with Crippen molar-refractivity contribution in [3.8, 4) is 0 Å². The highest BCUT2D eigenvalue weighted by Crippen LogP contribution is 2.04. The molecule has 0 aromatic rings. The first-order valence-electron chi connectivity index (χ1n) is 5.10. The predicted octanol–water partition coefficient (Wildman–Crippen LogP) is 0.426. The third kappa shape index (κ3) is 5.19. The number of carbonyl (C=O) groups excluding carboxylic acids is 1. The standard InChI is InChI=1S/C10H21NO3/c1-3-4-5-6-9(14)11-10(2,7-12)8-13/h12-13H,3-8H2,1-2H3,(H,11,14). The fourth-order valence-electron chi connectivity index (χ4n) is 1.06. The van der Waals surface area contributed by atoms with Crippen LogP contribution in [0.4, 0.5) is 0 Å². The molecule has 0 rings (SSSR count). The summed E-state index contributed by atoms with van der Waals surface area (Å²) in [5.74, 6) is -0.107. The second-order valence-corrected chi connectivity index (χ2v) is 3.88. The van der Waals surface area contributed by atoms with Crippen molar-refractivity contribution in [1.82, 2.24) is 5.32 Å². The van der Waals surface area contributed by atoms with Gasteiger partial charge in [-0.1, -0.05) is 19.8 Å². The van der Waals surface area contributed by atoms with Gasteiger partial charge < -0.3 is 15.5 Å². The van der Waals surface area contributed by atoms with Gasteiger partial charge in [-0.25, -0.2) is 0 Å². The molecule has 0 saturated carbocycles. The van der Waals surface area contributed by atoms with Crippen LogP contribution in [0.3, 0.4) is 0 Å². The Bertz CT molecular complexity index is 167. The molecule has 0 aromatic carbocycles. The van der Waals surface area contributed by atoms with Crippen molar-refractivity contribution in [2.45, 2.75) is 45.1 Å². The minimum Gasteiger partial charge on any atom is -0.394 e. The molecule has 0 atom stereocenters. The maximum absolute atomic E-state index is 11.3. The Morgan fingerprint density at radius 2 is 1.86 bits per heavy atom. The number of aliphatic hydroxyl groups is 2. The van der Waals surface area contributed by atoms with Crippen LogP contribution in [0.1, 0.15) is 39.5 Å². The number of carbonyl (C=O) groups is 1. The first kappa shape index (κ1) is 13.4. The molecule has 0 radical (unpaired) electrons. The second-order valence-electron chi connectivity index (χ2n) is 3.88. The third-order valence-corrected chi connectivity index (χ3v) is 2.15. The van der Waals surface area contributed by atoms with Gasteiger partial charge in [0.25, 0.3) is 0 Å². The Hall–Kier alpha value is -0.610. The Balaban J connectivity index is 3.80. The molecule has 0 spiro atoms. The van der Waals surface area contributed by atoms with E-state index in [1.54, 1.807) is 6.92 Å². The van der Waals surface area contributed by atoms with Crippen molar-refractivity contribution >= 4 is 5.91 Å². The summed E-state index contributed by atoms with van der Waals surface area (Å²) in [5.41, 5.74) is -0.886. The van der Waals surface area contributed by atoms with E-state index in [1.165, 1.54) is 0 Å². The van der Waals surface area contributed by atoms with Crippen LogP contribution in [-0.2, 0) is 4.79 Å². The Morgan fingerprint density at radius 3 is 2.29 bits per heavy atom. The summed E-state index contributed by atoms with van der Waals surface area (Å²) < 4.78 is 0. The molecule has 14 heavy (non-hydrogen) atoms. The largest absolute Gasteiger partial charge is 0.394 e. The van der Waals surface area contributed by atoms with Crippen molar-refractivity contribution in [1.29, 1.82) is 0 Å². The molecular weight excluding hydrogens is 182 g/mol. The van der Waals surface area contributed by atoms with Crippen molar-refractivity contribution in [3.05, 3.63) is 0 Å². The number of aliphatic hydroxyl groups excluding tert-OH is 2. The van der Waals surface area contributed by atoms with Gasteiger partial charge >= 0.3 is 0 Å². The Kier molecular flexibility index (Phi) is 6.49. The summed E-state index contributed by atoms with van der Waals surface area (Å²) >= 11 is 0. The minimum absolute atomic E-state index is 0.107. The van der Waals surface area contributed by atoms with E-state index in [0.29, 0.717) is 6.42 Å². The van der Waals surface area contributed by atoms with Gasteiger partial charge in [0, 0.05) is 6.42 Å². The van der Waals surface area contributed by atoms with E-state index < -0.39 is 5.54 Å². The first-order valence-corrected chi connectivity index (χ1v) is 5.10. The highest BCUT2D eigenvalue weighted by molar-refractivity contribution is 5.76. The summed E-state index contributed by atoms with van der Waals surface area (Å²) in [4.78, 5) is 11.3. The predicted molar refractivity (Wildman–Crippen MR) is 54.9 cm³/mol. The van der Waals surface area contributed by atoms with Gasteiger partial charge in [0.05, 0.1) is 18.8 Å². The lowest BCUT2D eigenvalue weighted by Gasteiger charge is -2.26. The van der Waals surface area contributed by atoms with Gasteiger partial charge in [0.15, 0.2) is 0 Å². The molecule has 0 heterocycles. The fourth-order valence-corrected chi connectivity index (χ4v) is 1.06. The monoisotopic (exact) mass is 203 g/mol. The fraction of sp³-hybridized carbons (Fsp3) is 0.900. The van der Waals surface area contributed by atoms with E-state index in [-0.39, 0.29) is 19.1 Å². The van der Waals surface area contributed by atoms with Crippen LogP contribution in [0.25, 0.3) is 0 Å². The van der Waals surface area contributed by atoms with Crippen LogP contribution in [-0.4, -0.2) is 34.9 Å². The zero-order valence-electron chi connectivity index (χ0n) is 9.05. The van der Waals surface area contributed by atoms with Crippen LogP contribution in [0.5, 0.6) is 0 Å². The average molecular weight is 203 g/mol. The normalized spacial score (nSPS) is 11.4. The van der Waals surface area contributed by atoms with E-state index in [9.17, 15) is 4.79 Å². The van der Waals surface area contributed by atoms with Crippen molar-refractivity contribution < 1.29 is 15.0 Å². The van der Waals surface area contributed by atoms with E-state index in [1.807, 2.05) is 0 Å². The molecule has 0 unspecified atom stereocenters. The van der Waals surface area contributed by atoms with Gasteiger partial charge in [-0.3, -0.25) is 4.79 Å². The maximum Gasteiger partial charge on any atom is 0.220 e. The van der Waals surface area contributed by atoms with E-state index >= 15 is 0 Å². The van der Waals surface area contributed by atoms with E-state index in [2.05, 4.69) is 12.2 Å². The molecule has 1 amide bonds. The smallest absolute Gasteiger partial charge is 0.220 e. The number of hydrogen-bond donors (Lipinski definition) is 3. The molecule has 84 valence electrons. The van der Waals surface area contributed by atoms with Crippen molar-refractivity contribution in [2.24, 2.45) is 0 Å². The quantitative estimate of drug-likeness (QED) is 0.525. The van der Waals surface area contributed by atoms with E-state index in [0.717, 1.165) is 19.3 Å². The molecule has 4 nitrogen and oxygen atoms in total. The van der Waals surface area contributed by atoms with Crippen molar-refractivity contribution in [3.63, 3.8) is 0 Å². The molecular formula is C10H21NO3. The van der Waals surface area contributed by atoms with Crippen LogP contribution in [0.15, 0.2) is 0 Å². The van der Waals surface area contributed by atoms with Gasteiger partial charge in [0.2, 0.25) is 5.91 Å². The van der Waals surface area contributed by atoms with Gasteiger partial charge in [-0.15, -0.1) is 0 Å². The van der Waals surface area contributed by atoms with Gasteiger partial charge in [-0.05, 0) is 13.3 Å². The summed E-state index contributed by atoms with van der Waals surface area (Å²) in [6.45, 7) is 3.19. The molecule has 4 heteroatoms. The summed E-state index contributed by atoms with van der Waals surface area (Å²) in [5, 5.41) is 20.5. The zero-order valence-corrected chi connectivity index (χ0v) is 9.05. The highest BCUT2D eigenvalue weighted by atomic mass is 16.3. The molecule has 0 bridgehead atoms. The molecule has 0 fully saturated rings. The molecule has 0 saturated heterocycles. The average Bonchev–Trinajstić information content (AvgIpc) is 2.18. The summed E-state index contributed by atoms with van der Waals surface area (Å²) in [6, 6.07) is 0. The van der Waals surface area contributed by atoms with Gasteiger partial charge in [-0.2, -0.15) is 0 Å². The third-order valence-electron chi connectivity index (χ3n) is 2.15. The molecule has 0 aliphatic heterocycles. The zero-order chi connectivity index (χ0) is 11.0. The summed E-state index contributed by atoms with van der Waals surface area (Å²) in [6.07, 6.45) is 3.42. The highest BCUT2D eigenvalue weighted by Gasteiger charge is 2.23. The van der Waals surface area contributed by atoms with Crippen LogP contribution in [0.2, 0.25) is 0 Å². The molecule has 0 aliphatic carbocycles. The number of amides is 1. The second kappa shape index (κ2) is 6.79. The Morgan fingerprint density at radius 1 is 1.29 bits per heavy atom. The lowest BCUT2D eigenvalue weighted by molar-refractivity contribution is -0.124. The number of unbranched alkanes of at least 4 members (excludes halogenated alkanes) is 2. The number of hydrogen-bond acceptors (Lipinski definition) is 3. The lowest BCUT2D eigenvalue weighted by atomic mass is 10.0. The number of nitrogens with one attached hydrogen (secondary N) is 1. The molecule has 3 N–H and O–H groups in total. The van der Waals surface area contributed by atoms with Gasteiger partial charge in [0.1, 0.15) is 0 Å². The van der Waals surface area contributed by atoms with Crippen molar-refractivity contribution in [2.75, 3.05) is 13.2 Å². The van der Waals surface area contributed by atoms with E-state index in [4.69, 9.17) is 10.2 Å². The molecule has 0 aromatic heterocycles. The minimum atomic E-state index is -0.886. The van der Waals surface area contributed by atoms with Crippen LogP contribution in [0, 0.1) is 0 Å². The topological polar surface area (TPSA) is 69.6 Å². The lowest BCUT2D eigenvalue weighted by Crippen LogP contribution is -2.51. The molecule has 0 aliphatic rings.